The van der Waals surface area contributed by atoms with Gasteiger partial charge in [-0.25, -0.2) is 13.1 Å². The molecule has 0 saturated heterocycles. The van der Waals surface area contributed by atoms with Crippen LogP contribution < -0.4 is 10.0 Å². The van der Waals surface area contributed by atoms with Crippen LogP contribution >= 0.6 is 0 Å². The molecule has 0 aliphatic carbocycles. The Morgan fingerprint density at radius 1 is 1.06 bits per heavy atom. The summed E-state index contributed by atoms with van der Waals surface area (Å²) in [4.78, 5) is 12.5. The van der Waals surface area contributed by atoms with Gasteiger partial charge in [0.2, 0.25) is 15.9 Å². The number of benzene rings is 2. The summed E-state index contributed by atoms with van der Waals surface area (Å²) >= 11 is 0. The van der Waals surface area contributed by atoms with Gasteiger partial charge >= 0.3 is 0 Å². The van der Waals surface area contributed by atoms with Crippen molar-refractivity contribution in [2.45, 2.75) is 31.7 Å². The Labute approximate surface area is 179 Å². The molecule has 0 bridgehead atoms. The van der Waals surface area contributed by atoms with Crippen molar-refractivity contribution in [2.24, 2.45) is 0 Å². The third-order valence-corrected chi connectivity index (χ3v) is 6.37. The van der Waals surface area contributed by atoms with Crippen LogP contribution in [0, 0.1) is 13.8 Å². The summed E-state index contributed by atoms with van der Waals surface area (Å²) in [6, 6.07) is 13.2. The topological polar surface area (TPSA) is 114 Å². The number of aryl methyl sites for hydroxylation is 2. The van der Waals surface area contributed by atoms with E-state index >= 15 is 0 Å². The molecule has 9 heteroatoms. The molecule has 4 aromatic rings. The van der Waals surface area contributed by atoms with Crippen LogP contribution in [0.2, 0.25) is 0 Å². The van der Waals surface area contributed by atoms with Crippen molar-refractivity contribution in [2.75, 3.05) is 5.32 Å². The van der Waals surface area contributed by atoms with Gasteiger partial charge in [0.05, 0.1) is 24.1 Å². The highest BCUT2D eigenvalue weighted by Gasteiger charge is 2.16. The molecule has 0 aliphatic rings. The van der Waals surface area contributed by atoms with Gasteiger partial charge in [-0.3, -0.25) is 4.79 Å². The Kier molecular flexibility index (Phi) is 5.62. The van der Waals surface area contributed by atoms with Crippen LogP contribution in [0.4, 0.5) is 5.69 Å². The summed E-state index contributed by atoms with van der Waals surface area (Å²) in [6.07, 6.45) is 1.52. The highest BCUT2D eigenvalue weighted by Crippen LogP contribution is 2.23. The fourth-order valence-corrected chi connectivity index (χ4v) is 4.10. The van der Waals surface area contributed by atoms with Gasteiger partial charge in [-0.05, 0) is 73.5 Å². The van der Waals surface area contributed by atoms with E-state index in [1.807, 2.05) is 26.0 Å². The molecule has 2 N–H and O–H groups in total. The second kappa shape index (κ2) is 8.37. The first kappa shape index (κ1) is 20.8. The number of sulfonamides is 1. The number of hydrogen-bond donors (Lipinski definition) is 2. The van der Waals surface area contributed by atoms with E-state index in [1.54, 1.807) is 12.1 Å². The number of nitrogens with one attached hydrogen (secondary N) is 2. The Bertz CT molecular complexity index is 1320. The van der Waals surface area contributed by atoms with Gasteiger partial charge < -0.3 is 14.3 Å². The van der Waals surface area contributed by atoms with Gasteiger partial charge in [0.15, 0.2) is 5.58 Å². The zero-order valence-corrected chi connectivity index (χ0v) is 17.8. The number of carbonyl (C=O) groups excluding carboxylic acids is 1. The summed E-state index contributed by atoms with van der Waals surface area (Å²) in [5, 5.41) is 7.58. The number of furan rings is 1. The van der Waals surface area contributed by atoms with Crippen LogP contribution in [0.3, 0.4) is 0 Å². The lowest BCUT2D eigenvalue weighted by molar-refractivity contribution is -0.115. The second-order valence-electron chi connectivity index (χ2n) is 7.22. The first-order valence-electron chi connectivity index (χ1n) is 9.59. The SMILES string of the molecule is Cc1cc2onc(CC(=O)Nc3ccc(S(=O)(=O)NCc4ccco4)cc3)c2cc1C. The largest absolute Gasteiger partial charge is 0.468 e. The molecule has 0 atom stereocenters. The van der Waals surface area contributed by atoms with Crippen molar-refractivity contribution < 1.29 is 22.2 Å². The van der Waals surface area contributed by atoms with Crippen molar-refractivity contribution in [1.82, 2.24) is 9.88 Å². The molecule has 0 radical (unpaired) electrons. The van der Waals surface area contributed by atoms with E-state index in [-0.39, 0.29) is 23.8 Å². The lowest BCUT2D eigenvalue weighted by Crippen LogP contribution is -2.23. The molecule has 1 amide bonds. The van der Waals surface area contributed by atoms with E-state index in [2.05, 4.69) is 15.2 Å². The Balaban J connectivity index is 1.41. The molecule has 2 heterocycles. The highest BCUT2D eigenvalue weighted by molar-refractivity contribution is 7.89. The average molecular weight is 439 g/mol. The molecular weight excluding hydrogens is 418 g/mol. The summed E-state index contributed by atoms with van der Waals surface area (Å²) in [5.74, 6) is 0.234. The molecule has 160 valence electrons. The third kappa shape index (κ3) is 4.68. The van der Waals surface area contributed by atoms with Crippen molar-refractivity contribution >= 4 is 32.6 Å². The van der Waals surface area contributed by atoms with Crippen LogP contribution in [-0.2, 0) is 27.8 Å². The molecule has 0 aliphatic heterocycles. The molecule has 4 rings (SSSR count). The summed E-state index contributed by atoms with van der Waals surface area (Å²) < 4.78 is 37.7. The number of fused-ring (bicyclic) bond motifs is 1. The third-order valence-electron chi connectivity index (χ3n) is 4.95. The molecule has 8 nitrogen and oxygen atoms in total. The molecule has 0 unspecified atom stereocenters. The number of nitrogens with zero attached hydrogens (tertiary/aromatic N) is 1. The second-order valence-corrected chi connectivity index (χ2v) is 8.98. The molecule has 2 aromatic carbocycles. The minimum absolute atomic E-state index is 0.0419. The zero-order chi connectivity index (χ0) is 22.0. The molecule has 0 fully saturated rings. The number of amides is 1. The molecular formula is C22H21N3O5S. The van der Waals surface area contributed by atoms with Crippen molar-refractivity contribution in [1.29, 1.82) is 0 Å². The average Bonchev–Trinajstić information content (AvgIpc) is 3.38. The molecule has 2 aromatic heterocycles. The van der Waals surface area contributed by atoms with Gasteiger partial charge in [-0.15, -0.1) is 0 Å². The fourth-order valence-electron chi connectivity index (χ4n) is 3.11. The minimum atomic E-state index is -3.70. The predicted molar refractivity (Wildman–Crippen MR) is 115 cm³/mol. The van der Waals surface area contributed by atoms with Crippen molar-refractivity contribution in [3.63, 3.8) is 0 Å². The van der Waals surface area contributed by atoms with E-state index in [0.717, 1.165) is 16.5 Å². The van der Waals surface area contributed by atoms with Crippen molar-refractivity contribution in [3.05, 3.63) is 77.4 Å². The van der Waals surface area contributed by atoms with E-state index in [1.165, 1.54) is 30.5 Å². The smallest absolute Gasteiger partial charge is 0.240 e. The van der Waals surface area contributed by atoms with Crippen LogP contribution in [0.1, 0.15) is 22.6 Å². The number of rotatable bonds is 7. The molecule has 31 heavy (non-hydrogen) atoms. The normalized spacial score (nSPS) is 11.7. The first-order chi connectivity index (χ1) is 14.8. The van der Waals surface area contributed by atoms with Gasteiger partial charge in [0, 0.05) is 11.1 Å². The monoisotopic (exact) mass is 439 g/mol. The van der Waals surface area contributed by atoms with E-state index in [0.29, 0.717) is 22.7 Å². The quantitative estimate of drug-likeness (QED) is 0.454. The van der Waals surface area contributed by atoms with Crippen LogP contribution in [-0.4, -0.2) is 19.5 Å². The predicted octanol–water partition coefficient (Wildman–Crippen LogP) is 3.70. The highest BCUT2D eigenvalue weighted by atomic mass is 32.2. The van der Waals surface area contributed by atoms with Crippen LogP contribution in [0.25, 0.3) is 11.0 Å². The number of carbonyl (C=O) groups is 1. The number of hydrogen-bond acceptors (Lipinski definition) is 6. The van der Waals surface area contributed by atoms with Gasteiger partial charge in [-0.2, -0.15) is 0 Å². The maximum absolute atomic E-state index is 12.5. The maximum Gasteiger partial charge on any atom is 0.240 e. The van der Waals surface area contributed by atoms with Gasteiger partial charge in [-0.1, -0.05) is 5.16 Å². The van der Waals surface area contributed by atoms with E-state index < -0.39 is 10.0 Å². The molecule has 0 saturated carbocycles. The van der Waals surface area contributed by atoms with Crippen LogP contribution in [0.5, 0.6) is 0 Å². The number of aromatic nitrogens is 1. The maximum atomic E-state index is 12.5. The van der Waals surface area contributed by atoms with E-state index in [9.17, 15) is 13.2 Å². The minimum Gasteiger partial charge on any atom is -0.468 e. The Hall–Kier alpha value is -3.43. The summed E-state index contributed by atoms with van der Waals surface area (Å²) in [5.41, 5.74) is 3.86. The van der Waals surface area contributed by atoms with Crippen LogP contribution in [0.15, 0.2) is 68.6 Å². The Morgan fingerprint density at radius 2 is 1.81 bits per heavy atom. The van der Waals surface area contributed by atoms with E-state index in [4.69, 9.17) is 8.94 Å². The number of anilines is 1. The summed E-state index contributed by atoms with van der Waals surface area (Å²) in [7, 11) is -3.70. The molecule has 0 spiro atoms. The van der Waals surface area contributed by atoms with Gasteiger partial charge in [0.25, 0.3) is 0 Å². The first-order valence-corrected chi connectivity index (χ1v) is 11.1. The standard InChI is InChI=1S/C22H21N3O5S/c1-14-10-19-20(25-30-21(19)11-15(14)2)12-22(26)24-16-5-7-18(8-6-16)31(27,28)23-13-17-4-3-9-29-17/h3-11,23H,12-13H2,1-2H3,(H,24,26). The Morgan fingerprint density at radius 3 is 2.52 bits per heavy atom. The summed E-state index contributed by atoms with van der Waals surface area (Å²) in [6.45, 7) is 4.03. The lowest BCUT2D eigenvalue weighted by Gasteiger charge is -2.08. The lowest BCUT2D eigenvalue weighted by atomic mass is 10.1. The fraction of sp³-hybridized carbons (Fsp3) is 0.182. The zero-order valence-electron chi connectivity index (χ0n) is 17.0. The van der Waals surface area contributed by atoms with Crippen molar-refractivity contribution in [3.8, 4) is 0 Å². The van der Waals surface area contributed by atoms with Gasteiger partial charge in [0.1, 0.15) is 11.5 Å².